The van der Waals surface area contributed by atoms with Crippen LogP contribution in [0.3, 0.4) is 0 Å². The maximum atomic E-state index is 13.8. The highest BCUT2D eigenvalue weighted by molar-refractivity contribution is 9.10. The summed E-state index contributed by atoms with van der Waals surface area (Å²) >= 11 is 3.24. The van der Waals surface area contributed by atoms with Crippen molar-refractivity contribution in [2.75, 3.05) is 5.73 Å². The average molecular weight is 481 g/mol. The van der Waals surface area contributed by atoms with Gasteiger partial charge in [0.2, 0.25) is 0 Å². The van der Waals surface area contributed by atoms with E-state index in [4.69, 9.17) is 10.5 Å². The molecule has 30 heavy (non-hydrogen) atoms. The maximum Gasteiger partial charge on any atom is 0.269 e. The standard InChI is InChI=1S/C19H17BrF2N4O2.C2H6/c1-10-5-16(28-9-12-3-4-14(21)6-15(12)22)17(20)19(27)26(10)8-13-7-24-11(2)25-18(13)23;1-2/h3-7H,8-9H2,1-2H3,(H2,23,24,25);1-2H3. The molecule has 6 nitrogen and oxygen atoms in total. The van der Waals surface area contributed by atoms with Crippen molar-refractivity contribution in [3.63, 3.8) is 0 Å². The lowest BCUT2D eigenvalue weighted by molar-refractivity contribution is 0.296. The third-order valence-corrected chi connectivity index (χ3v) is 4.89. The van der Waals surface area contributed by atoms with Crippen molar-refractivity contribution in [1.29, 1.82) is 0 Å². The lowest BCUT2D eigenvalue weighted by atomic mass is 10.2. The van der Waals surface area contributed by atoms with Crippen LogP contribution in [-0.2, 0) is 13.2 Å². The number of aryl methyl sites for hydroxylation is 2. The molecular formula is C21H23BrF2N4O2. The van der Waals surface area contributed by atoms with Crippen LogP contribution in [0, 0.1) is 25.5 Å². The molecule has 1 aromatic carbocycles. The Balaban J connectivity index is 0.00000155. The largest absolute Gasteiger partial charge is 0.487 e. The molecule has 0 spiro atoms. The SMILES string of the molecule is CC.Cc1ncc(Cn2c(C)cc(OCc3ccc(F)cc3F)c(Br)c2=O)c(N)n1. The van der Waals surface area contributed by atoms with Crippen LogP contribution < -0.4 is 16.0 Å². The van der Waals surface area contributed by atoms with Gasteiger partial charge >= 0.3 is 0 Å². The van der Waals surface area contributed by atoms with E-state index < -0.39 is 11.6 Å². The van der Waals surface area contributed by atoms with Gasteiger partial charge in [0.15, 0.2) is 0 Å². The van der Waals surface area contributed by atoms with E-state index in [0.29, 0.717) is 22.9 Å². The third kappa shape index (κ3) is 5.41. The molecule has 0 amide bonds. The van der Waals surface area contributed by atoms with Crippen LogP contribution in [0.15, 0.2) is 39.7 Å². The number of hydrogen-bond acceptors (Lipinski definition) is 5. The molecule has 0 saturated heterocycles. The predicted molar refractivity (Wildman–Crippen MR) is 115 cm³/mol. The molecule has 0 radical (unpaired) electrons. The van der Waals surface area contributed by atoms with E-state index in [0.717, 1.165) is 12.1 Å². The van der Waals surface area contributed by atoms with E-state index in [1.165, 1.54) is 10.6 Å². The number of hydrogen-bond donors (Lipinski definition) is 1. The van der Waals surface area contributed by atoms with Gasteiger partial charge < -0.3 is 15.0 Å². The van der Waals surface area contributed by atoms with Gasteiger partial charge in [-0.05, 0) is 41.9 Å². The van der Waals surface area contributed by atoms with Crippen LogP contribution in [0.25, 0.3) is 0 Å². The minimum Gasteiger partial charge on any atom is -0.487 e. The van der Waals surface area contributed by atoms with Crippen LogP contribution in [0.2, 0.25) is 0 Å². The van der Waals surface area contributed by atoms with Crippen molar-refractivity contribution < 1.29 is 13.5 Å². The summed E-state index contributed by atoms with van der Waals surface area (Å²) in [5.41, 5.74) is 6.98. The van der Waals surface area contributed by atoms with Crippen molar-refractivity contribution in [2.24, 2.45) is 0 Å². The first-order valence-corrected chi connectivity index (χ1v) is 10.1. The summed E-state index contributed by atoms with van der Waals surface area (Å²) < 4.78 is 34.0. The van der Waals surface area contributed by atoms with Gasteiger partial charge in [-0.25, -0.2) is 18.7 Å². The molecule has 0 fully saturated rings. The fraction of sp³-hybridized carbons (Fsp3) is 0.286. The summed E-state index contributed by atoms with van der Waals surface area (Å²) in [7, 11) is 0. The molecule has 2 aromatic heterocycles. The third-order valence-electron chi connectivity index (χ3n) is 4.16. The Kier molecular flexibility index (Phi) is 8.05. The smallest absolute Gasteiger partial charge is 0.269 e. The Morgan fingerprint density at radius 3 is 2.50 bits per heavy atom. The molecule has 0 atom stereocenters. The molecule has 2 heterocycles. The number of nitrogens with zero attached hydrogens (tertiary/aromatic N) is 3. The molecule has 0 saturated carbocycles. The molecule has 0 aliphatic rings. The molecule has 160 valence electrons. The first-order valence-electron chi connectivity index (χ1n) is 9.31. The van der Waals surface area contributed by atoms with Crippen LogP contribution in [0.1, 0.15) is 36.5 Å². The first kappa shape index (κ1) is 23.5. The Hall–Kier alpha value is -2.81. The van der Waals surface area contributed by atoms with E-state index in [2.05, 4.69) is 25.9 Å². The van der Waals surface area contributed by atoms with Gasteiger partial charge in [0.1, 0.15) is 40.1 Å². The minimum absolute atomic E-state index is 0.146. The van der Waals surface area contributed by atoms with Gasteiger partial charge in [0.05, 0.1) is 6.54 Å². The van der Waals surface area contributed by atoms with Crippen molar-refractivity contribution >= 4 is 21.7 Å². The number of aromatic nitrogens is 3. The monoisotopic (exact) mass is 480 g/mol. The molecule has 3 rings (SSSR count). The van der Waals surface area contributed by atoms with E-state index in [-0.39, 0.29) is 34.5 Å². The number of nitrogen functional groups attached to an aromatic ring is 1. The van der Waals surface area contributed by atoms with Crippen molar-refractivity contribution in [3.8, 4) is 5.75 Å². The summed E-state index contributed by atoms with van der Waals surface area (Å²) in [4.78, 5) is 21.0. The molecule has 0 bridgehead atoms. The lowest BCUT2D eigenvalue weighted by Crippen LogP contribution is -2.25. The predicted octanol–water partition coefficient (Wildman–Crippen LogP) is 4.53. The fourth-order valence-corrected chi connectivity index (χ4v) is 3.06. The minimum atomic E-state index is -0.712. The zero-order valence-electron chi connectivity index (χ0n) is 17.2. The summed E-state index contributed by atoms with van der Waals surface area (Å²) in [5, 5.41) is 0. The number of anilines is 1. The van der Waals surface area contributed by atoms with Crippen molar-refractivity contribution in [2.45, 2.75) is 40.8 Å². The van der Waals surface area contributed by atoms with Gasteiger partial charge in [-0.3, -0.25) is 4.79 Å². The van der Waals surface area contributed by atoms with Crippen molar-refractivity contribution in [1.82, 2.24) is 14.5 Å². The molecule has 3 aromatic rings. The second kappa shape index (κ2) is 10.3. The summed E-state index contributed by atoms with van der Waals surface area (Å²) in [5.74, 6) is -0.267. The topological polar surface area (TPSA) is 83.0 Å². The Bertz CT molecular complexity index is 1100. The normalized spacial score (nSPS) is 10.4. The van der Waals surface area contributed by atoms with Crippen LogP contribution >= 0.6 is 15.9 Å². The van der Waals surface area contributed by atoms with Crippen LogP contribution in [-0.4, -0.2) is 14.5 Å². The number of nitrogens with two attached hydrogens (primary N) is 1. The Morgan fingerprint density at radius 1 is 1.17 bits per heavy atom. The second-order valence-electron chi connectivity index (χ2n) is 6.21. The molecular weight excluding hydrogens is 458 g/mol. The number of halogens is 3. The lowest BCUT2D eigenvalue weighted by Gasteiger charge is -2.15. The molecule has 9 heteroatoms. The van der Waals surface area contributed by atoms with E-state index >= 15 is 0 Å². The number of pyridine rings is 1. The number of rotatable bonds is 5. The quantitative estimate of drug-likeness (QED) is 0.579. The average Bonchev–Trinajstić information content (AvgIpc) is 2.71. The summed E-state index contributed by atoms with van der Waals surface area (Å²) in [6.45, 7) is 7.52. The highest BCUT2D eigenvalue weighted by Gasteiger charge is 2.15. The zero-order valence-corrected chi connectivity index (χ0v) is 18.8. The maximum absolute atomic E-state index is 13.8. The summed E-state index contributed by atoms with van der Waals surface area (Å²) in [6, 6.07) is 4.88. The second-order valence-corrected chi connectivity index (χ2v) is 7.00. The van der Waals surface area contributed by atoms with Crippen molar-refractivity contribution in [3.05, 3.63) is 79.6 Å². The van der Waals surface area contributed by atoms with Gasteiger partial charge in [0, 0.05) is 35.2 Å². The molecule has 0 aliphatic carbocycles. The molecule has 0 unspecified atom stereocenters. The van der Waals surface area contributed by atoms with Crippen LogP contribution in [0.4, 0.5) is 14.6 Å². The van der Waals surface area contributed by atoms with E-state index in [9.17, 15) is 13.6 Å². The van der Waals surface area contributed by atoms with E-state index in [1.54, 1.807) is 26.1 Å². The zero-order chi connectivity index (χ0) is 22.4. The molecule has 2 N–H and O–H groups in total. The van der Waals surface area contributed by atoms with Crippen LogP contribution in [0.5, 0.6) is 5.75 Å². The highest BCUT2D eigenvalue weighted by atomic mass is 79.9. The first-order chi connectivity index (χ1) is 14.3. The van der Waals surface area contributed by atoms with E-state index in [1.807, 2.05) is 13.8 Å². The van der Waals surface area contributed by atoms with Gasteiger partial charge in [-0.15, -0.1) is 0 Å². The van der Waals surface area contributed by atoms with Gasteiger partial charge in [0.25, 0.3) is 5.56 Å². The summed E-state index contributed by atoms with van der Waals surface area (Å²) in [6.07, 6.45) is 1.58. The molecule has 0 aliphatic heterocycles. The van der Waals surface area contributed by atoms with Gasteiger partial charge in [-0.1, -0.05) is 13.8 Å². The number of ether oxygens (including phenoxy) is 1. The number of benzene rings is 1. The Morgan fingerprint density at radius 2 is 1.87 bits per heavy atom. The fourth-order valence-electron chi connectivity index (χ4n) is 2.62. The van der Waals surface area contributed by atoms with Gasteiger partial charge in [-0.2, -0.15) is 0 Å². The highest BCUT2D eigenvalue weighted by Crippen LogP contribution is 2.24. The Labute approximate surface area is 181 Å².